The number of rotatable bonds is 4. The molecule has 2 saturated carbocycles. The molecule has 1 aromatic rings. The molecule has 1 aromatic carbocycles. The Labute approximate surface area is 125 Å². The number of benzene rings is 1. The van der Waals surface area contributed by atoms with Crippen molar-refractivity contribution in [1.82, 2.24) is 5.32 Å². The van der Waals surface area contributed by atoms with Crippen LogP contribution in [0.4, 0.5) is 5.69 Å². The molecule has 0 saturated heterocycles. The normalized spacial score (nSPS) is 27.6. The van der Waals surface area contributed by atoms with Crippen molar-refractivity contribution in [3.05, 3.63) is 29.8 Å². The van der Waals surface area contributed by atoms with Crippen molar-refractivity contribution in [3.8, 4) is 0 Å². The molecule has 4 nitrogen and oxygen atoms in total. The van der Waals surface area contributed by atoms with Crippen LogP contribution in [0.15, 0.2) is 24.3 Å². The third kappa shape index (κ3) is 3.26. The molecule has 21 heavy (non-hydrogen) atoms. The Morgan fingerprint density at radius 3 is 2.57 bits per heavy atom. The summed E-state index contributed by atoms with van der Waals surface area (Å²) in [5.74, 6) is 1.93. The topological polar surface area (TPSA) is 58.2 Å². The van der Waals surface area contributed by atoms with Crippen LogP contribution in [-0.4, -0.2) is 11.8 Å². The molecule has 2 fully saturated rings. The lowest BCUT2D eigenvalue weighted by molar-refractivity contribution is -0.125. The van der Waals surface area contributed by atoms with Gasteiger partial charge in [-0.15, -0.1) is 0 Å². The van der Waals surface area contributed by atoms with Crippen LogP contribution in [-0.2, 0) is 9.59 Å². The lowest BCUT2D eigenvalue weighted by atomic mass is 10.0. The van der Waals surface area contributed by atoms with Crippen LogP contribution >= 0.6 is 0 Å². The first kappa shape index (κ1) is 14.1. The van der Waals surface area contributed by atoms with Crippen molar-refractivity contribution in [2.45, 2.75) is 39.2 Å². The number of hydrogen-bond donors (Lipinski definition) is 2. The fourth-order valence-corrected chi connectivity index (χ4v) is 3.43. The zero-order valence-corrected chi connectivity index (χ0v) is 12.6. The Morgan fingerprint density at radius 1 is 1.19 bits per heavy atom. The predicted octanol–water partition coefficient (Wildman–Crippen LogP) is 2.87. The molecule has 2 aliphatic carbocycles. The maximum absolute atomic E-state index is 12.3. The molecule has 0 aliphatic heterocycles. The van der Waals surface area contributed by atoms with Crippen molar-refractivity contribution < 1.29 is 9.59 Å². The minimum Gasteiger partial charge on any atom is -0.349 e. The third-order valence-corrected chi connectivity index (χ3v) is 4.68. The van der Waals surface area contributed by atoms with Crippen molar-refractivity contribution in [2.75, 3.05) is 5.32 Å². The third-order valence-electron chi connectivity index (χ3n) is 4.68. The number of anilines is 1. The van der Waals surface area contributed by atoms with E-state index in [1.54, 1.807) is 0 Å². The molecule has 3 unspecified atom stereocenters. The first-order chi connectivity index (χ1) is 10.0. The minimum atomic E-state index is -0.0889. The Morgan fingerprint density at radius 2 is 1.90 bits per heavy atom. The standard InChI is InChI=1S/C17H22N2O2/c1-10(12-4-3-5-16(9-12)19-11(2)20)18-17(21)15-7-13-6-14(13)8-15/h3-5,9-10,13-15H,6-8H2,1-2H3,(H,18,21)(H,19,20). The van der Waals surface area contributed by atoms with Gasteiger partial charge in [0.1, 0.15) is 0 Å². The Kier molecular flexibility index (Phi) is 3.70. The largest absolute Gasteiger partial charge is 0.349 e. The Hall–Kier alpha value is -1.84. The summed E-state index contributed by atoms with van der Waals surface area (Å²) in [4.78, 5) is 23.4. The van der Waals surface area contributed by atoms with Crippen molar-refractivity contribution in [2.24, 2.45) is 17.8 Å². The van der Waals surface area contributed by atoms with E-state index >= 15 is 0 Å². The van der Waals surface area contributed by atoms with Gasteiger partial charge in [-0.2, -0.15) is 0 Å². The zero-order chi connectivity index (χ0) is 15.0. The van der Waals surface area contributed by atoms with Crippen LogP contribution in [0.1, 0.15) is 44.7 Å². The molecular formula is C17H22N2O2. The Balaban J connectivity index is 1.60. The van der Waals surface area contributed by atoms with E-state index in [0.29, 0.717) is 0 Å². The number of nitrogens with one attached hydrogen (secondary N) is 2. The van der Waals surface area contributed by atoms with Gasteiger partial charge >= 0.3 is 0 Å². The Bertz CT molecular complexity index is 560. The molecule has 0 bridgehead atoms. The second-order valence-electron chi connectivity index (χ2n) is 6.46. The maximum atomic E-state index is 12.3. The molecule has 2 amide bonds. The summed E-state index contributed by atoms with van der Waals surface area (Å²) in [7, 11) is 0. The highest BCUT2D eigenvalue weighted by atomic mass is 16.2. The van der Waals surface area contributed by atoms with Gasteiger partial charge in [0.2, 0.25) is 11.8 Å². The van der Waals surface area contributed by atoms with Crippen LogP contribution in [0.2, 0.25) is 0 Å². The van der Waals surface area contributed by atoms with Crippen molar-refractivity contribution in [1.29, 1.82) is 0 Å². The molecule has 4 heteroatoms. The predicted molar refractivity (Wildman–Crippen MR) is 81.6 cm³/mol. The lowest BCUT2D eigenvalue weighted by Crippen LogP contribution is -2.32. The van der Waals surface area contributed by atoms with Gasteiger partial charge < -0.3 is 10.6 Å². The maximum Gasteiger partial charge on any atom is 0.223 e. The van der Waals surface area contributed by atoms with E-state index < -0.39 is 0 Å². The zero-order valence-electron chi connectivity index (χ0n) is 12.6. The van der Waals surface area contributed by atoms with E-state index in [1.807, 2.05) is 31.2 Å². The highest BCUT2D eigenvalue weighted by molar-refractivity contribution is 5.88. The average molecular weight is 286 g/mol. The monoisotopic (exact) mass is 286 g/mol. The molecule has 3 rings (SSSR count). The highest BCUT2D eigenvalue weighted by Crippen LogP contribution is 2.54. The number of hydrogen-bond acceptors (Lipinski definition) is 2. The summed E-state index contributed by atoms with van der Waals surface area (Å²) >= 11 is 0. The fourth-order valence-electron chi connectivity index (χ4n) is 3.43. The number of carbonyl (C=O) groups excluding carboxylic acids is 2. The van der Waals surface area contributed by atoms with E-state index in [4.69, 9.17) is 0 Å². The lowest BCUT2D eigenvalue weighted by Gasteiger charge is -2.19. The molecule has 2 aliphatic rings. The molecular weight excluding hydrogens is 264 g/mol. The second kappa shape index (κ2) is 5.51. The molecule has 0 radical (unpaired) electrons. The summed E-state index contributed by atoms with van der Waals surface area (Å²) < 4.78 is 0. The van der Waals surface area contributed by atoms with Crippen LogP contribution in [0.5, 0.6) is 0 Å². The van der Waals surface area contributed by atoms with Gasteiger partial charge in [0.05, 0.1) is 6.04 Å². The van der Waals surface area contributed by atoms with Crippen LogP contribution in [0.3, 0.4) is 0 Å². The number of carbonyl (C=O) groups is 2. The fraction of sp³-hybridized carbons (Fsp3) is 0.529. The molecule has 0 spiro atoms. The number of fused-ring (bicyclic) bond motifs is 1. The molecule has 0 heterocycles. The summed E-state index contributed by atoms with van der Waals surface area (Å²) in [6, 6.07) is 7.60. The summed E-state index contributed by atoms with van der Waals surface area (Å²) in [6.45, 7) is 3.48. The quantitative estimate of drug-likeness (QED) is 0.894. The van der Waals surface area contributed by atoms with E-state index in [1.165, 1.54) is 13.3 Å². The van der Waals surface area contributed by atoms with Gasteiger partial charge in [-0.3, -0.25) is 9.59 Å². The van der Waals surface area contributed by atoms with E-state index in [-0.39, 0.29) is 23.8 Å². The van der Waals surface area contributed by atoms with Crippen LogP contribution in [0.25, 0.3) is 0 Å². The van der Waals surface area contributed by atoms with Gasteiger partial charge in [-0.1, -0.05) is 12.1 Å². The SMILES string of the molecule is CC(=O)Nc1cccc(C(C)NC(=O)C2CC3CC3C2)c1. The summed E-state index contributed by atoms with van der Waals surface area (Å²) in [5.41, 5.74) is 1.78. The van der Waals surface area contributed by atoms with Crippen molar-refractivity contribution >= 4 is 17.5 Å². The average Bonchev–Trinajstić information content (AvgIpc) is 3.04. The van der Waals surface area contributed by atoms with Crippen molar-refractivity contribution in [3.63, 3.8) is 0 Å². The first-order valence-corrected chi connectivity index (χ1v) is 7.71. The molecule has 3 atom stereocenters. The highest BCUT2D eigenvalue weighted by Gasteiger charge is 2.48. The molecule has 2 N–H and O–H groups in total. The van der Waals surface area contributed by atoms with Gasteiger partial charge in [0, 0.05) is 18.5 Å². The first-order valence-electron chi connectivity index (χ1n) is 7.71. The molecule has 0 aromatic heterocycles. The minimum absolute atomic E-state index is 0.0388. The summed E-state index contributed by atoms with van der Waals surface area (Å²) in [6.07, 6.45) is 3.46. The van der Waals surface area contributed by atoms with E-state index in [0.717, 1.165) is 35.9 Å². The second-order valence-corrected chi connectivity index (χ2v) is 6.46. The smallest absolute Gasteiger partial charge is 0.223 e. The molecule has 112 valence electrons. The van der Waals surface area contributed by atoms with Crippen LogP contribution in [0, 0.1) is 17.8 Å². The van der Waals surface area contributed by atoms with E-state index in [9.17, 15) is 9.59 Å². The summed E-state index contributed by atoms with van der Waals surface area (Å²) in [5, 5.41) is 5.88. The van der Waals surface area contributed by atoms with Crippen LogP contribution < -0.4 is 10.6 Å². The van der Waals surface area contributed by atoms with E-state index in [2.05, 4.69) is 10.6 Å². The van der Waals surface area contributed by atoms with Gasteiger partial charge in [0.15, 0.2) is 0 Å². The van der Waals surface area contributed by atoms with Gasteiger partial charge in [-0.25, -0.2) is 0 Å². The van der Waals surface area contributed by atoms with Gasteiger partial charge in [-0.05, 0) is 55.7 Å². The van der Waals surface area contributed by atoms with Gasteiger partial charge in [0.25, 0.3) is 0 Å². The number of amides is 2.